The maximum absolute atomic E-state index is 13.0. The molecule has 0 spiro atoms. The smallest absolute Gasteiger partial charge is 0.323 e. The van der Waals surface area contributed by atoms with Gasteiger partial charge in [0.05, 0.1) is 6.10 Å². The van der Waals surface area contributed by atoms with E-state index in [9.17, 15) is 14.7 Å². The van der Waals surface area contributed by atoms with E-state index in [1.165, 1.54) is 4.90 Å². The van der Waals surface area contributed by atoms with E-state index in [1.54, 1.807) is 0 Å². The molecule has 1 atom stereocenters. The Morgan fingerprint density at radius 1 is 1.03 bits per heavy atom. The number of nitrogens with zero attached hydrogens (tertiary/aromatic N) is 1. The van der Waals surface area contributed by atoms with Gasteiger partial charge in [-0.15, -0.1) is 0 Å². The van der Waals surface area contributed by atoms with Crippen LogP contribution in [0.1, 0.15) is 49.4 Å². The van der Waals surface area contributed by atoms with Gasteiger partial charge in [0.15, 0.2) is 0 Å². The summed E-state index contributed by atoms with van der Waals surface area (Å²) < 4.78 is 12.0. The second kappa shape index (κ2) is 11.9. The Labute approximate surface area is 229 Å². The third-order valence-corrected chi connectivity index (χ3v) is 6.76. The minimum Gasteiger partial charge on any atom is -0.491 e. The fourth-order valence-corrected chi connectivity index (χ4v) is 4.96. The standard InChI is InChI=1S/C31H34ClNO5/c1-21(2)37-27-12-6-24(7-13-27)19-33(20-30(35)36)29(34)15-9-22-8-14-28-25(16-22)18-31(3,38-28)17-23-4-10-26(32)11-5-23/h4-8,10-14,16,21H,9,15,17-20H2,1-3H3,(H,35,36). The van der Waals surface area contributed by atoms with Crippen molar-refractivity contribution in [2.45, 2.75) is 64.7 Å². The van der Waals surface area contributed by atoms with Crippen LogP contribution < -0.4 is 9.47 Å². The van der Waals surface area contributed by atoms with Crippen molar-refractivity contribution in [1.29, 1.82) is 0 Å². The van der Waals surface area contributed by atoms with Crippen molar-refractivity contribution in [3.05, 3.63) is 94.0 Å². The van der Waals surface area contributed by atoms with Gasteiger partial charge in [-0.25, -0.2) is 0 Å². The van der Waals surface area contributed by atoms with E-state index in [2.05, 4.69) is 13.0 Å². The van der Waals surface area contributed by atoms with E-state index in [0.29, 0.717) is 11.4 Å². The highest BCUT2D eigenvalue weighted by atomic mass is 35.5. The quantitative estimate of drug-likeness (QED) is 0.320. The number of halogens is 1. The van der Waals surface area contributed by atoms with E-state index in [-0.39, 0.29) is 37.1 Å². The van der Waals surface area contributed by atoms with Crippen LogP contribution in [0, 0.1) is 0 Å². The maximum atomic E-state index is 13.0. The molecule has 0 radical (unpaired) electrons. The summed E-state index contributed by atoms with van der Waals surface area (Å²) in [5.41, 5.74) is 3.82. The molecule has 200 valence electrons. The third kappa shape index (κ3) is 7.51. The van der Waals surface area contributed by atoms with Crippen molar-refractivity contribution < 1.29 is 24.2 Å². The average Bonchev–Trinajstić information content (AvgIpc) is 3.19. The number of rotatable bonds is 11. The Morgan fingerprint density at radius 3 is 2.34 bits per heavy atom. The highest BCUT2D eigenvalue weighted by molar-refractivity contribution is 6.30. The van der Waals surface area contributed by atoms with E-state index < -0.39 is 5.97 Å². The molecule has 3 aromatic rings. The Kier molecular flexibility index (Phi) is 8.62. The number of amides is 1. The Hall–Kier alpha value is -3.51. The number of ether oxygens (including phenoxy) is 2. The molecule has 0 saturated heterocycles. The van der Waals surface area contributed by atoms with Crippen molar-refractivity contribution in [3.8, 4) is 11.5 Å². The Morgan fingerprint density at radius 2 is 1.68 bits per heavy atom. The zero-order chi connectivity index (χ0) is 27.3. The minimum atomic E-state index is -1.03. The molecule has 1 aliphatic heterocycles. The van der Waals surface area contributed by atoms with Crippen LogP contribution in [0.4, 0.5) is 0 Å². The van der Waals surface area contributed by atoms with Crippen LogP contribution in [0.3, 0.4) is 0 Å². The predicted molar refractivity (Wildman–Crippen MR) is 148 cm³/mol. The fraction of sp³-hybridized carbons (Fsp3) is 0.355. The summed E-state index contributed by atoms with van der Waals surface area (Å²) in [6, 6.07) is 21.3. The lowest BCUT2D eigenvalue weighted by atomic mass is 9.91. The first-order chi connectivity index (χ1) is 18.1. The Balaban J connectivity index is 1.36. The number of aliphatic carboxylic acids is 1. The number of hydrogen-bond donors (Lipinski definition) is 1. The summed E-state index contributed by atoms with van der Waals surface area (Å²) in [5, 5.41) is 10.1. The molecule has 1 N–H and O–H groups in total. The molecule has 3 aromatic carbocycles. The van der Waals surface area contributed by atoms with Crippen LogP contribution in [-0.4, -0.2) is 40.1 Å². The van der Waals surface area contributed by atoms with Crippen LogP contribution in [0.2, 0.25) is 5.02 Å². The SMILES string of the molecule is CC(C)Oc1ccc(CN(CC(=O)O)C(=O)CCc2ccc3c(c2)CC(C)(Cc2ccc(Cl)cc2)O3)cc1. The van der Waals surface area contributed by atoms with Gasteiger partial charge in [0.2, 0.25) is 5.91 Å². The van der Waals surface area contributed by atoms with Gasteiger partial charge in [-0.1, -0.05) is 48.0 Å². The molecule has 1 aliphatic rings. The van der Waals surface area contributed by atoms with Crippen molar-refractivity contribution in [3.63, 3.8) is 0 Å². The largest absolute Gasteiger partial charge is 0.491 e. The van der Waals surface area contributed by atoms with Gasteiger partial charge >= 0.3 is 5.97 Å². The topological polar surface area (TPSA) is 76.1 Å². The molecule has 0 aromatic heterocycles. The predicted octanol–water partition coefficient (Wildman–Crippen LogP) is 6.11. The highest BCUT2D eigenvalue weighted by Crippen LogP contribution is 2.37. The number of aryl methyl sites for hydroxylation is 1. The molecule has 0 aliphatic carbocycles. The highest BCUT2D eigenvalue weighted by Gasteiger charge is 2.35. The number of carbonyl (C=O) groups is 2. The Bertz CT molecular complexity index is 1270. The van der Waals surface area contributed by atoms with E-state index in [0.717, 1.165) is 46.6 Å². The van der Waals surface area contributed by atoms with Crippen LogP contribution >= 0.6 is 11.6 Å². The monoisotopic (exact) mass is 535 g/mol. The van der Waals surface area contributed by atoms with Crippen LogP contribution in [0.25, 0.3) is 0 Å². The van der Waals surface area contributed by atoms with Gasteiger partial charge < -0.3 is 19.5 Å². The van der Waals surface area contributed by atoms with Crippen molar-refractivity contribution in [2.75, 3.05) is 6.54 Å². The first-order valence-electron chi connectivity index (χ1n) is 12.9. The second-order valence-corrected chi connectivity index (χ2v) is 10.9. The lowest BCUT2D eigenvalue weighted by Gasteiger charge is -2.24. The van der Waals surface area contributed by atoms with E-state index >= 15 is 0 Å². The number of carbonyl (C=O) groups excluding carboxylic acids is 1. The number of carboxylic acids is 1. The lowest BCUT2D eigenvalue weighted by molar-refractivity contribution is -0.144. The van der Waals surface area contributed by atoms with Gasteiger partial charge in [0.1, 0.15) is 23.6 Å². The minimum absolute atomic E-state index is 0.0638. The lowest BCUT2D eigenvalue weighted by Crippen LogP contribution is -2.35. The molecule has 7 heteroatoms. The number of fused-ring (bicyclic) bond motifs is 1. The summed E-state index contributed by atoms with van der Waals surface area (Å²) >= 11 is 6.02. The molecule has 1 amide bonds. The normalized spacial score (nSPS) is 16.1. The van der Waals surface area contributed by atoms with Crippen LogP contribution in [0.15, 0.2) is 66.7 Å². The molecule has 0 bridgehead atoms. The average molecular weight is 536 g/mol. The summed E-state index contributed by atoms with van der Waals surface area (Å²) in [7, 11) is 0. The zero-order valence-electron chi connectivity index (χ0n) is 22.1. The zero-order valence-corrected chi connectivity index (χ0v) is 22.8. The molecular weight excluding hydrogens is 502 g/mol. The fourth-order valence-electron chi connectivity index (χ4n) is 4.83. The summed E-state index contributed by atoms with van der Waals surface area (Å²) in [6.07, 6.45) is 2.35. The maximum Gasteiger partial charge on any atom is 0.323 e. The molecule has 0 saturated carbocycles. The molecule has 1 heterocycles. The number of carboxylic acid groups (broad SMARTS) is 1. The first kappa shape index (κ1) is 27.5. The number of hydrogen-bond acceptors (Lipinski definition) is 4. The third-order valence-electron chi connectivity index (χ3n) is 6.51. The molecule has 0 fully saturated rings. The van der Waals surface area contributed by atoms with Gasteiger partial charge in [-0.3, -0.25) is 9.59 Å². The summed E-state index contributed by atoms with van der Waals surface area (Å²) in [6.45, 7) is 5.90. The van der Waals surface area contributed by atoms with Crippen molar-refractivity contribution >= 4 is 23.5 Å². The second-order valence-electron chi connectivity index (χ2n) is 10.4. The van der Waals surface area contributed by atoms with E-state index in [4.69, 9.17) is 21.1 Å². The summed E-state index contributed by atoms with van der Waals surface area (Å²) in [5.74, 6) is 0.380. The van der Waals surface area contributed by atoms with Crippen molar-refractivity contribution in [2.24, 2.45) is 0 Å². The van der Waals surface area contributed by atoms with Gasteiger partial charge in [0, 0.05) is 30.8 Å². The number of benzene rings is 3. The van der Waals surface area contributed by atoms with Gasteiger partial charge in [-0.05, 0) is 79.8 Å². The van der Waals surface area contributed by atoms with Crippen LogP contribution in [-0.2, 0) is 35.4 Å². The van der Waals surface area contributed by atoms with E-state index in [1.807, 2.05) is 74.5 Å². The summed E-state index contributed by atoms with van der Waals surface area (Å²) in [4.78, 5) is 25.9. The van der Waals surface area contributed by atoms with Crippen LogP contribution in [0.5, 0.6) is 11.5 Å². The molecule has 1 unspecified atom stereocenters. The molecule has 38 heavy (non-hydrogen) atoms. The van der Waals surface area contributed by atoms with Gasteiger partial charge in [0.25, 0.3) is 0 Å². The molecule has 4 rings (SSSR count). The molecule has 6 nitrogen and oxygen atoms in total. The molecular formula is C31H34ClNO5. The first-order valence-corrected chi connectivity index (χ1v) is 13.3. The van der Waals surface area contributed by atoms with Crippen molar-refractivity contribution in [1.82, 2.24) is 4.90 Å². The van der Waals surface area contributed by atoms with Gasteiger partial charge in [-0.2, -0.15) is 0 Å².